The van der Waals surface area contributed by atoms with E-state index >= 15 is 0 Å². The second-order valence-electron chi connectivity index (χ2n) is 4.67. The minimum Gasteiger partial charge on any atom is -0.497 e. The van der Waals surface area contributed by atoms with E-state index in [9.17, 15) is 5.11 Å². The number of methoxy groups -OCH3 is 1. The number of aliphatic hydroxyl groups excluding tert-OH is 1. The fraction of sp³-hybridized carbons (Fsp3) is 0.600. The van der Waals surface area contributed by atoms with E-state index in [0.717, 1.165) is 30.8 Å². The number of hydrogen-bond acceptors (Lipinski definition) is 4. The lowest BCUT2D eigenvalue weighted by Gasteiger charge is -2.30. The van der Waals surface area contributed by atoms with Crippen LogP contribution in [0, 0.1) is 0 Å². The topological polar surface area (TPSA) is 41.5 Å². The summed E-state index contributed by atoms with van der Waals surface area (Å²) < 4.78 is 5.21. The molecule has 3 nitrogen and oxygen atoms in total. The summed E-state index contributed by atoms with van der Waals surface area (Å²) in [7, 11) is 3.61. The van der Waals surface area contributed by atoms with Crippen molar-refractivity contribution < 1.29 is 9.84 Å². The van der Waals surface area contributed by atoms with E-state index < -0.39 is 0 Å². The van der Waals surface area contributed by atoms with Crippen LogP contribution in [0.1, 0.15) is 26.2 Å². The van der Waals surface area contributed by atoms with E-state index in [1.165, 1.54) is 4.90 Å². The Bertz CT molecular complexity index is 359. The molecule has 0 saturated carbocycles. The van der Waals surface area contributed by atoms with Gasteiger partial charge in [-0.2, -0.15) is 0 Å². The third kappa shape index (κ3) is 5.05. The first kappa shape index (κ1) is 16.3. The van der Waals surface area contributed by atoms with Crippen molar-refractivity contribution in [2.24, 2.45) is 0 Å². The first-order valence-corrected chi connectivity index (χ1v) is 7.75. The molecule has 0 spiro atoms. The predicted molar refractivity (Wildman–Crippen MR) is 82.1 cm³/mol. The number of ether oxygens (including phenoxy) is 1. The van der Waals surface area contributed by atoms with Crippen LogP contribution >= 0.6 is 11.8 Å². The van der Waals surface area contributed by atoms with Crippen LogP contribution in [0.5, 0.6) is 5.75 Å². The SMILES string of the molecule is CCC(CO)(CCCSc1cccc(OC)c1)NC. The van der Waals surface area contributed by atoms with Crippen molar-refractivity contribution in [2.75, 3.05) is 26.5 Å². The van der Waals surface area contributed by atoms with Crippen LogP contribution < -0.4 is 10.1 Å². The van der Waals surface area contributed by atoms with Crippen LogP contribution in [0.25, 0.3) is 0 Å². The standard InChI is InChI=1S/C15H25NO2S/c1-4-15(12-17,16-2)9-6-10-19-14-8-5-7-13(11-14)18-3/h5,7-8,11,16-17H,4,6,9-10,12H2,1-3H3. The summed E-state index contributed by atoms with van der Waals surface area (Å²) in [4.78, 5) is 1.23. The minimum absolute atomic E-state index is 0.116. The van der Waals surface area contributed by atoms with Gasteiger partial charge in [0.25, 0.3) is 0 Å². The Kier molecular flexibility index (Phi) is 7.28. The van der Waals surface area contributed by atoms with Gasteiger partial charge >= 0.3 is 0 Å². The number of benzene rings is 1. The molecule has 0 aliphatic heterocycles. The zero-order valence-electron chi connectivity index (χ0n) is 12.1. The molecule has 0 fully saturated rings. The molecule has 0 bridgehead atoms. The van der Waals surface area contributed by atoms with Crippen LogP contribution in [0.2, 0.25) is 0 Å². The van der Waals surface area contributed by atoms with Crippen molar-refractivity contribution in [3.63, 3.8) is 0 Å². The molecule has 1 rings (SSSR count). The quantitative estimate of drug-likeness (QED) is 0.540. The third-order valence-corrected chi connectivity index (χ3v) is 4.70. The van der Waals surface area contributed by atoms with Crippen molar-refractivity contribution >= 4 is 11.8 Å². The molecule has 0 heterocycles. The maximum absolute atomic E-state index is 9.48. The first-order chi connectivity index (χ1) is 9.19. The summed E-state index contributed by atoms with van der Waals surface area (Å²) in [6.07, 6.45) is 3.02. The third-order valence-electron chi connectivity index (χ3n) is 3.62. The Hall–Kier alpha value is -0.710. The maximum atomic E-state index is 9.48. The summed E-state index contributed by atoms with van der Waals surface area (Å²) in [6, 6.07) is 8.13. The van der Waals surface area contributed by atoms with Gasteiger partial charge < -0.3 is 15.2 Å². The molecule has 2 N–H and O–H groups in total. The molecule has 1 aromatic carbocycles. The number of rotatable bonds is 9. The zero-order chi connectivity index (χ0) is 14.1. The van der Waals surface area contributed by atoms with Gasteiger partial charge in [-0.15, -0.1) is 11.8 Å². The molecular formula is C15H25NO2S. The molecule has 1 atom stereocenters. The Balaban J connectivity index is 2.37. The monoisotopic (exact) mass is 283 g/mol. The molecule has 0 amide bonds. The maximum Gasteiger partial charge on any atom is 0.119 e. The van der Waals surface area contributed by atoms with Crippen LogP contribution in [0.15, 0.2) is 29.2 Å². The van der Waals surface area contributed by atoms with E-state index in [0.29, 0.717) is 0 Å². The van der Waals surface area contributed by atoms with Gasteiger partial charge in [-0.05, 0) is 50.3 Å². The Morgan fingerprint density at radius 3 is 2.79 bits per heavy atom. The molecule has 1 unspecified atom stereocenters. The lowest BCUT2D eigenvalue weighted by atomic mass is 9.92. The minimum atomic E-state index is -0.116. The molecule has 0 aliphatic carbocycles. The van der Waals surface area contributed by atoms with Crippen molar-refractivity contribution in [1.82, 2.24) is 5.32 Å². The highest BCUT2D eigenvalue weighted by atomic mass is 32.2. The molecule has 0 aromatic heterocycles. The summed E-state index contributed by atoms with van der Waals surface area (Å²) in [5.41, 5.74) is -0.116. The van der Waals surface area contributed by atoms with E-state index in [-0.39, 0.29) is 12.1 Å². The first-order valence-electron chi connectivity index (χ1n) is 6.76. The fourth-order valence-corrected chi connectivity index (χ4v) is 2.94. The average molecular weight is 283 g/mol. The lowest BCUT2D eigenvalue weighted by Crippen LogP contribution is -2.45. The summed E-state index contributed by atoms with van der Waals surface area (Å²) >= 11 is 1.83. The van der Waals surface area contributed by atoms with Crippen molar-refractivity contribution in [3.8, 4) is 5.75 Å². The highest BCUT2D eigenvalue weighted by Crippen LogP contribution is 2.25. The summed E-state index contributed by atoms with van der Waals surface area (Å²) in [5.74, 6) is 1.95. The van der Waals surface area contributed by atoms with Gasteiger partial charge in [0.15, 0.2) is 0 Å². The molecular weight excluding hydrogens is 258 g/mol. The highest BCUT2D eigenvalue weighted by molar-refractivity contribution is 7.99. The highest BCUT2D eigenvalue weighted by Gasteiger charge is 2.23. The lowest BCUT2D eigenvalue weighted by molar-refractivity contribution is 0.154. The van der Waals surface area contributed by atoms with Crippen molar-refractivity contribution in [2.45, 2.75) is 36.6 Å². The number of thioether (sulfide) groups is 1. The summed E-state index contributed by atoms with van der Waals surface area (Å²) in [6.45, 7) is 2.31. The van der Waals surface area contributed by atoms with Crippen molar-refractivity contribution in [3.05, 3.63) is 24.3 Å². The molecule has 0 saturated heterocycles. The smallest absolute Gasteiger partial charge is 0.119 e. The predicted octanol–water partition coefficient (Wildman–Crippen LogP) is 2.93. The number of nitrogens with one attached hydrogen (secondary N) is 1. The molecule has 0 aliphatic rings. The van der Waals surface area contributed by atoms with Gasteiger partial charge in [0.1, 0.15) is 5.75 Å². The summed E-state index contributed by atoms with van der Waals surface area (Å²) in [5, 5.41) is 12.7. The van der Waals surface area contributed by atoms with Gasteiger partial charge in [-0.25, -0.2) is 0 Å². The number of likely N-dealkylation sites (N-methyl/N-ethyl adjacent to an activating group) is 1. The number of hydrogen-bond donors (Lipinski definition) is 2. The van der Waals surface area contributed by atoms with Gasteiger partial charge in [0.05, 0.1) is 13.7 Å². The van der Waals surface area contributed by atoms with E-state index in [2.05, 4.69) is 24.4 Å². The Labute approximate surface area is 120 Å². The van der Waals surface area contributed by atoms with Crippen LogP contribution in [-0.2, 0) is 0 Å². The van der Waals surface area contributed by atoms with Gasteiger partial charge in [-0.3, -0.25) is 0 Å². The van der Waals surface area contributed by atoms with Gasteiger partial charge in [0, 0.05) is 10.4 Å². The molecule has 108 valence electrons. The molecule has 4 heteroatoms. The van der Waals surface area contributed by atoms with Crippen LogP contribution in [0.4, 0.5) is 0 Å². The van der Waals surface area contributed by atoms with Crippen molar-refractivity contribution in [1.29, 1.82) is 0 Å². The van der Waals surface area contributed by atoms with Crippen LogP contribution in [0.3, 0.4) is 0 Å². The molecule has 19 heavy (non-hydrogen) atoms. The molecule has 1 aromatic rings. The van der Waals surface area contributed by atoms with Crippen LogP contribution in [-0.4, -0.2) is 37.2 Å². The Morgan fingerprint density at radius 2 is 2.21 bits per heavy atom. The van der Waals surface area contributed by atoms with E-state index in [1.807, 2.05) is 30.9 Å². The fourth-order valence-electron chi connectivity index (χ4n) is 2.04. The van der Waals surface area contributed by atoms with E-state index in [4.69, 9.17) is 4.74 Å². The van der Waals surface area contributed by atoms with E-state index in [1.54, 1.807) is 7.11 Å². The molecule has 0 radical (unpaired) electrons. The number of aliphatic hydroxyl groups is 1. The van der Waals surface area contributed by atoms with Gasteiger partial charge in [0.2, 0.25) is 0 Å². The second kappa shape index (κ2) is 8.46. The normalized spacial score (nSPS) is 14.1. The second-order valence-corrected chi connectivity index (χ2v) is 5.84. The zero-order valence-corrected chi connectivity index (χ0v) is 12.9. The average Bonchev–Trinajstić information content (AvgIpc) is 2.48. The Morgan fingerprint density at radius 1 is 1.42 bits per heavy atom. The van der Waals surface area contributed by atoms with Gasteiger partial charge in [-0.1, -0.05) is 13.0 Å². The largest absolute Gasteiger partial charge is 0.497 e.